The molecule has 34 heavy (non-hydrogen) atoms. The molecule has 0 fully saturated rings. The van der Waals surface area contributed by atoms with Gasteiger partial charge in [0, 0.05) is 27.2 Å². The number of halogens is 1. The van der Waals surface area contributed by atoms with E-state index in [1.165, 1.54) is 18.9 Å². The molecule has 0 bridgehead atoms. The molecular weight excluding hydrogens is 472 g/mol. The third kappa shape index (κ3) is 6.46. The summed E-state index contributed by atoms with van der Waals surface area (Å²) in [7, 11) is 3.09. The van der Waals surface area contributed by atoms with Crippen LogP contribution in [0.2, 0.25) is 5.02 Å². The summed E-state index contributed by atoms with van der Waals surface area (Å²) in [5.74, 6) is 0.738. The number of anilines is 2. The van der Waals surface area contributed by atoms with Crippen molar-refractivity contribution in [1.82, 2.24) is 0 Å². The number of hydrogen-bond donors (Lipinski definition) is 2. The highest BCUT2D eigenvalue weighted by atomic mass is 35.5. The highest BCUT2D eigenvalue weighted by Crippen LogP contribution is 2.33. The van der Waals surface area contributed by atoms with Gasteiger partial charge in [0.25, 0.3) is 5.91 Å². The second kappa shape index (κ2) is 11.8. The number of aryl methyl sites for hydroxylation is 1. The Bertz CT molecular complexity index is 1190. The van der Waals surface area contributed by atoms with Gasteiger partial charge in [-0.3, -0.25) is 9.59 Å². The molecule has 0 aliphatic heterocycles. The van der Waals surface area contributed by atoms with Crippen LogP contribution in [0.4, 0.5) is 11.4 Å². The number of amides is 2. The molecule has 0 spiro atoms. The monoisotopic (exact) mass is 498 g/mol. The van der Waals surface area contributed by atoms with E-state index in [9.17, 15) is 9.59 Å². The summed E-state index contributed by atoms with van der Waals surface area (Å²) >= 11 is 7.60. The van der Waals surface area contributed by atoms with Crippen molar-refractivity contribution in [2.75, 3.05) is 24.9 Å². The highest BCUT2D eigenvalue weighted by molar-refractivity contribution is 8.00. The molecule has 3 rings (SSSR count). The topological polar surface area (TPSA) is 76.7 Å². The second-order valence-corrected chi connectivity index (χ2v) is 9.20. The first kappa shape index (κ1) is 25.5. The molecule has 0 aromatic heterocycles. The minimum absolute atomic E-state index is 0.140. The van der Waals surface area contributed by atoms with Gasteiger partial charge in [0.2, 0.25) is 5.91 Å². The molecule has 0 heterocycles. The van der Waals surface area contributed by atoms with E-state index >= 15 is 0 Å². The lowest BCUT2D eigenvalue weighted by Gasteiger charge is -2.17. The molecule has 1 atom stereocenters. The molecule has 6 nitrogen and oxygen atoms in total. The van der Waals surface area contributed by atoms with Crippen LogP contribution in [0, 0.1) is 6.92 Å². The number of carbonyl (C=O) groups is 2. The van der Waals surface area contributed by atoms with Gasteiger partial charge in [-0.15, -0.1) is 11.8 Å². The molecule has 0 saturated heterocycles. The molecule has 2 amide bonds. The first-order valence-electron chi connectivity index (χ1n) is 10.7. The third-order valence-corrected chi connectivity index (χ3v) is 6.87. The van der Waals surface area contributed by atoms with Crippen LogP contribution in [0.15, 0.2) is 65.6 Å². The van der Waals surface area contributed by atoms with Gasteiger partial charge >= 0.3 is 0 Å². The van der Waals surface area contributed by atoms with Gasteiger partial charge in [0.05, 0.1) is 25.2 Å². The summed E-state index contributed by atoms with van der Waals surface area (Å²) in [6.07, 6.45) is 0.617. The number of ether oxygens (including phenoxy) is 2. The van der Waals surface area contributed by atoms with Crippen molar-refractivity contribution in [1.29, 1.82) is 0 Å². The van der Waals surface area contributed by atoms with E-state index in [-0.39, 0.29) is 17.1 Å². The van der Waals surface area contributed by atoms with Gasteiger partial charge in [0.15, 0.2) is 0 Å². The van der Waals surface area contributed by atoms with Crippen molar-refractivity contribution in [2.24, 2.45) is 0 Å². The zero-order valence-corrected chi connectivity index (χ0v) is 21.0. The fourth-order valence-corrected chi connectivity index (χ4v) is 4.41. The molecule has 3 aromatic rings. The number of nitrogens with one attached hydrogen (secondary N) is 2. The van der Waals surface area contributed by atoms with Crippen LogP contribution < -0.4 is 20.1 Å². The maximum atomic E-state index is 13.0. The van der Waals surface area contributed by atoms with Crippen molar-refractivity contribution < 1.29 is 19.1 Å². The van der Waals surface area contributed by atoms with E-state index in [2.05, 4.69) is 10.6 Å². The van der Waals surface area contributed by atoms with Crippen LogP contribution in [0.1, 0.15) is 29.3 Å². The predicted octanol–water partition coefficient (Wildman–Crippen LogP) is 6.43. The fraction of sp³-hybridized carbons (Fsp3) is 0.231. The smallest absolute Gasteiger partial charge is 0.255 e. The van der Waals surface area contributed by atoms with Crippen LogP contribution in [0.5, 0.6) is 11.5 Å². The Hall–Kier alpha value is -3.16. The zero-order valence-electron chi connectivity index (χ0n) is 19.5. The van der Waals surface area contributed by atoms with Crippen molar-refractivity contribution in [2.45, 2.75) is 30.4 Å². The fourth-order valence-electron chi connectivity index (χ4n) is 3.24. The average Bonchev–Trinajstić information content (AvgIpc) is 2.84. The molecule has 2 N–H and O–H groups in total. The van der Waals surface area contributed by atoms with E-state index in [0.29, 0.717) is 39.9 Å². The number of methoxy groups -OCH3 is 2. The number of rotatable bonds is 9. The lowest BCUT2D eigenvalue weighted by Crippen LogP contribution is -2.24. The molecule has 0 aliphatic carbocycles. The van der Waals surface area contributed by atoms with Gasteiger partial charge in [-0.25, -0.2) is 0 Å². The summed E-state index contributed by atoms with van der Waals surface area (Å²) in [6, 6.07) is 17.9. The average molecular weight is 499 g/mol. The van der Waals surface area contributed by atoms with Gasteiger partial charge in [-0.2, -0.15) is 0 Å². The molecular formula is C26H27ClN2O4S. The van der Waals surface area contributed by atoms with Crippen LogP contribution in [0.3, 0.4) is 0 Å². The number of hydrogen-bond acceptors (Lipinski definition) is 5. The normalized spacial score (nSPS) is 11.4. The Morgan fingerprint density at radius 1 is 1.00 bits per heavy atom. The first-order valence-corrected chi connectivity index (χ1v) is 12.0. The molecule has 0 radical (unpaired) electrons. The SMILES string of the molecule is CCC(Sc1cccc(NC(=O)c2cccc(OC)c2)c1)C(=O)Nc1cc(C)c(Cl)cc1OC. The Morgan fingerprint density at radius 2 is 1.76 bits per heavy atom. The van der Waals surface area contributed by atoms with E-state index in [0.717, 1.165) is 10.5 Å². The summed E-state index contributed by atoms with van der Waals surface area (Å²) in [4.78, 5) is 26.5. The van der Waals surface area contributed by atoms with Crippen LogP contribution in [-0.4, -0.2) is 31.3 Å². The van der Waals surface area contributed by atoms with E-state index in [1.54, 1.807) is 43.5 Å². The van der Waals surface area contributed by atoms with E-state index < -0.39 is 0 Å². The minimum Gasteiger partial charge on any atom is -0.497 e. The van der Waals surface area contributed by atoms with Gasteiger partial charge in [0.1, 0.15) is 11.5 Å². The largest absolute Gasteiger partial charge is 0.497 e. The predicted molar refractivity (Wildman–Crippen MR) is 139 cm³/mol. The third-order valence-electron chi connectivity index (χ3n) is 5.10. The minimum atomic E-state index is -0.343. The standard InChI is InChI=1S/C26H27ClN2O4S/c1-5-24(26(31)29-22-12-16(2)21(27)15-23(22)33-4)34-20-11-7-9-18(14-20)28-25(30)17-8-6-10-19(13-17)32-3/h6-15,24H,5H2,1-4H3,(H,28,30)(H,29,31). The van der Waals surface area contributed by atoms with Gasteiger partial charge in [-0.1, -0.05) is 30.7 Å². The Balaban J connectivity index is 1.70. The summed E-state index contributed by atoms with van der Waals surface area (Å²) in [5, 5.41) is 6.08. The zero-order chi connectivity index (χ0) is 24.7. The summed E-state index contributed by atoms with van der Waals surface area (Å²) < 4.78 is 10.6. The van der Waals surface area contributed by atoms with Gasteiger partial charge < -0.3 is 20.1 Å². The number of benzene rings is 3. The summed E-state index contributed by atoms with van der Waals surface area (Å²) in [6.45, 7) is 3.82. The van der Waals surface area contributed by atoms with Crippen LogP contribution >= 0.6 is 23.4 Å². The van der Waals surface area contributed by atoms with Crippen LogP contribution in [0.25, 0.3) is 0 Å². The molecule has 178 valence electrons. The van der Waals surface area contributed by atoms with Crippen molar-refractivity contribution in [3.05, 3.63) is 76.8 Å². The van der Waals surface area contributed by atoms with Crippen molar-refractivity contribution in [3.8, 4) is 11.5 Å². The Morgan fingerprint density at radius 3 is 2.47 bits per heavy atom. The quantitative estimate of drug-likeness (QED) is 0.332. The molecule has 0 aliphatic rings. The Kier molecular flexibility index (Phi) is 8.85. The van der Waals surface area contributed by atoms with E-state index in [4.69, 9.17) is 21.1 Å². The maximum Gasteiger partial charge on any atom is 0.255 e. The summed E-state index contributed by atoms with van der Waals surface area (Å²) in [5.41, 5.74) is 2.56. The Labute approximate surface area is 209 Å². The molecule has 8 heteroatoms. The van der Waals surface area contributed by atoms with E-state index in [1.807, 2.05) is 38.1 Å². The molecule has 1 unspecified atom stereocenters. The molecule has 0 saturated carbocycles. The first-order chi connectivity index (χ1) is 16.3. The molecule has 3 aromatic carbocycles. The second-order valence-electron chi connectivity index (χ2n) is 7.52. The number of carbonyl (C=O) groups excluding carboxylic acids is 2. The van der Waals surface area contributed by atoms with Crippen molar-refractivity contribution in [3.63, 3.8) is 0 Å². The lowest BCUT2D eigenvalue weighted by atomic mass is 10.2. The van der Waals surface area contributed by atoms with Crippen molar-refractivity contribution >= 4 is 46.6 Å². The van der Waals surface area contributed by atoms with Crippen LogP contribution in [-0.2, 0) is 4.79 Å². The van der Waals surface area contributed by atoms with Gasteiger partial charge in [-0.05, 0) is 61.4 Å². The lowest BCUT2D eigenvalue weighted by molar-refractivity contribution is -0.115. The highest BCUT2D eigenvalue weighted by Gasteiger charge is 2.20. The maximum absolute atomic E-state index is 13.0. The number of thioether (sulfide) groups is 1.